The average molecular weight is 634 g/mol. The molecule has 0 fully saturated rings. The number of nitrogens with one attached hydrogen (secondary N) is 1. The number of rotatable bonds is 4. The lowest BCUT2D eigenvalue weighted by molar-refractivity contribution is 0.660. The molecule has 226 valence electrons. The smallest absolute Gasteiger partial charge is 0.159 e. The van der Waals surface area contributed by atoms with Gasteiger partial charge in [0.05, 0.1) is 5.56 Å². The molecule has 10 rings (SSSR count). The molecule has 4 nitrogen and oxygen atoms in total. The van der Waals surface area contributed by atoms with E-state index in [2.05, 4.69) is 139 Å². The summed E-state index contributed by atoms with van der Waals surface area (Å²) in [6.07, 6.45) is -0.319. The van der Waals surface area contributed by atoms with E-state index in [0.29, 0.717) is 5.84 Å². The normalized spacial score (nSPS) is 14.9. The van der Waals surface area contributed by atoms with Crippen LogP contribution in [0, 0.1) is 0 Å². The van der Waals surface area contributed by atoms with E-state index in [4.69, 9.17) is 14.4 Å². The second-order valence-corrected chi connectivity index (χ2v) is 13.2. The molecule has 1 unspecified atom stereocenters. The Balaban J connectivity index is 1.17. The van der Waals surface area contributed by atoms with Crippen LogP contribution in [0.5, 0.6) is 0 Å². The van der Waals surface area contributed by atoms with Crippen LogP contribution in [0.3, 0.4) is 0 Å². The predicted molar refractivity (Wildman–Crippen MR) is 201 cm³/mol. The molecule has 3 heterocycles. The molecule has 0 amide bonds. The number of benzene rings is 7. The largest absolute Gasteiger partial charge is 0.455 e. The Morgan fingerprint density at radius 3 is 2.17 bits per heavy atom. The summed E-state index contributed by atoms with van der Waals surface area (Å²) in [5.74, 6) is 1.43. The van der Waals surface area contributed by atoms with E-state index in [9.17, 15) is 0 Å². The first-order valence-corrected chi connectivity index (χ1v) is 16.9. The highest BCUT2D eigenvalue weighted by atomic mass is 32.1. The Morgan fingerprint density at radius 2 is 1.29 bits per heavy atom. The Bertz CT molecular complexity index is 2750. The lowest BCUT2D eigenvalue weighted by Gasteiger charge is -2.24. The molecule has 0 aliphatic carbocycles. The summed E-state index contributed by atoms with van der Waals surface area (Å²) >= 11 is 1.82. The fraction of sp³-hybridized carbons (Fsp3) is 0.0233. The first-order valence-electron chi connectivity index (χ1n) is 16.1. The second-order valence-electron chi connectivity index (χ2n) is 12.2. The van der Waals surface area contributed by atoms with E-state index in [1.165, 1.54) is 36.5 Å². The molecule has 1 aliphatic heterocycles. The fourth-order valence-corrected chi connectivity index (χ4v) is 8.28. The van der Waals surface area contributed by atoms with E-state index in [1.54, 1.807) is 0 Å². The number of hydrogen-bond donors (Lipinski definition) is 1. The Kier molecular flexibility index (Phi) is 6.08. The standard InChI is InChI=1S/C43H27N3OS/c1-2-12-28(13-3-1)41-44-42(29-23-21-27(22-24-29)31-18-10-14-26-11-4-5-15-30(26)31)46-43(45-41)35-25-34-32-16-7-9-20-37(32)48-40(34)38-33-17-6-8-19-36(33)47-39(35)38/h1-25,41H,(H,44,45,46). The van der Waals surface area contributed by atoms with Gasteiger partial charge in [0, 0.05) is 36.5 Å². The number of thiophene rings is 1. The van der Waals surface area contributed by atoms with Gasteiger partial charge in [0.2, 0.25) is 0 Å². The lowest BCUT2D eigenvalue weighted by Crippen LogP contribution is -2.33. The lowest BCUT2D eigenvalue weighted by atomic mass is 9.97. The van der Waals surface area contributed by atoms with Gasteiger partial charge in [-0.1, -0.05) is 133 Å². The van der Waals surface area contributed by atoms with Crippen molar-refractivity contribution in [1.82, 2.24) is 5.32 Å². The van der Waals surface area contributed by atoms with Gasteiger partial charge in [0.25, 0.3) is 0 Å². The van der Waals surface area contributed by atoms with Gasteiger partial charge in [0.15, 0.2) is 5.84 Å². The van der Waals surface area contributed by atoms with Crippen LogP contribution in [-0.2, 0) is 0 Å². The molecule has 0 radical (unpaired) electrons. The summed E-state index contributed by atoms with van der Waals surface area (Å²) in [7, 11) is 0. The van der Waals surface area contributed by atoms with Crippen molar-refractivity contribution in [2.75, 3.05) is 0 Å². The zero-order chi connectivity index (χ0) is 31.6. The number of amidine groups is 2. The molecular formula is C43H27N3OS. The number of para-hydroxylation sites is 1. The zero-order valence-corrected chi connectivity index (χ0v) is 26.5. The van der Waals surface area contributed by atoms with Gasteiger partial charge in [-0.05, 0) is 45.7 Å². The van der Waals surface area contributed by atoms with Crippen LogP contribution in [0.1, 0.15) is 22.9 Å². The van der Waals surface area contributed by atoms with Crippen LogP contribution in [0.15, 0.2) is 166 Å². The molecule has 9 aromatic rings. The summed E-state index contributed by atoms with van der Waals surface area (Å²) in [6.45, 7) is 0. The molecule has 7 aromatic carbocycles. The van der Waals surface area contributed by atoms with Gasteiger partial charge in [-0.3, -0.25) is 0 Å². The molecule has 1 N–H and O–H groups in total. The summed E-state index contributed by atoms with van der Waals surface area (Å²) < 4.78 is 9.15. The summed E-state index contributed by atoms with van der Waals surface area (Å²) in [4.78, 5) is 10.4. The number of aliphatic imine (C=N–C) groups is 2. The van der Waals surface area contributed by atoms with Crippen LogP contribution >= 0.6 is 11.3 Å². The number of fused-ring (bicyclic) bond motifs is 8. The molecule has 0 saturated heterocycles. The van der Waals surface area contributed by atoms with Gasteiger partial charge in [0.1, 0.15) is 23.2 Å². The van der Waals surface area contributed by atoms with Gasteiger partial charge in [-0.15, -0.1) is 11.3 Å². The second kappa shape index (κ2) is 10.8. The van der Waals surface area contributed by atoms with Crippen LogP contribution in [0.4, 0.5) is 0 Å². The molecule has 0 spiro atoms. The van der Waals surface area contributed by atoms with Crippen molar-refractivity contribution in [1.29, 1.82) is 0 Å². The third kappa shape index (κ3) is 4.29. The highest BCUT2D eigenvalue weighted by molar-refractivity contribution is 7.26. The van der Waals surface area contributed by atoms with Crippen LogP contribution < -0.4 is 5.32 Å². The topological polar surface area (TPSA) is 49.9 Å². The Labute approximate surface area is 280 Å². The van der Waals surface area contributed by atoms with E-state index in [1.807, 2.05) is 29.5 Å². The first-order chi connectivity index (χ1) is 23.8. The summed E-state index contributed by atoms with van der Waals surface area (Å²) in [6, 6.07) is 53.2. The van der Waals surface area contributed by atoms with Crippen molar-refractivity contribution in [2.45, 2.75) is 6.17 Å². The van der Waals surface area contributed by atoms with Gasteiger partial charge < -0.3 is 9.73 Å². The minimum Gasteiger partial charge on any atom is -0.455 e. The average Bonchev–Trinajstić information content (AvgIpc) is 3.73. The molecule has 5 heteroatoms. The van der Waals surface area contributed by atoms with Crippen LogP contribution in [-0.4, -0.2) is 11.7 Å². The molecule has 0 saturated carbocycles. The highest BCUT2D eigenvalue weighted by Crippen LogP contribution is 2.44. The number of hydrogen-bond acceptors (Lipinski definition) is 5. The molecule has 0 bridgehead atoms. The van der Waals surface area contributed by atoms with E-state index >= 15 is 0 Å². The van der Waals surface area contributed by atoms with Gasteiger partial charge in [-0.2, -0.15) is 0 Å². The summed E-state index contributed by atoms with van der Waals surface area (Å²) in [5.41, 5.74) is 7.03. The van der Waals surface area contributed by atoms with E-state index < -0.39 is 0 Å². The van der Waals surface area contributed by atoms with Crippen molar-refractivity contribution in [2.24, 2.45) is 9.98 Å². The van der Waals surface area contributed by atoms with E-state index in [0.717, 1.165) is 50.0 Å². The fourth-order valence-electron chi connectivity index (χ4n) is 7.04. The monoisotopic (exact) mass is 633 g/mol. The van der Waals surface area contributed by atoms with Gasteiger partial charge in [-0.25, -0.2) is 9.98 Å². The van der Waals surface area contributed by atoms with Crippen molar-refractivity contribution in [3.63, 3.8) is 0 Å². The molecule has 2 aromatic heterocycles. The zero-order valence-electron chi connectivity index (χ0n) is 25.7. The minimum atomic E-state index is -0.319. The Morgan fingerprint density at radius 1 is 0.583 bits per heavy atom. The quantitative estimate of drug-likeness (QED) is 0.210. The first kappa shape index (κ1) is 27.1. The SMILES string of the molecule is c1ccc(C2N=C(c3ccc(-c4cccc5ccccc45)cc3)N=C(c3cc4c5ccccc5sc4c4c3oc3ccccc34)N2)cc1. The maximum absolute atomic E-state index is 6.67. The predicted octanol–water partition coefficient (Wildman–Crippen LogP) is 11.3. The molecular weight excluding hydrogens is 607 g/mol. The third-order valence-corrected chi connectivity index (χ3v) is 10.6. The van der Waals surface area contributed by atoms with Crippen molar-refractivity contribution < 1.29 is 4.42 Å². The maximum atomic E-state index is 6.67. The number of furan rings is 1. The maximum Gasteiger partial charge on any atom is 0.159 e. The van der Waals surface area contributed by atoms with Gasteiger partial charge >= 0.3 is 0 Å². The third-order valence-electron chi connectivity index (χ3n) is 9.35. The molecule has 1 aliphatic rings. The van der Waals surface area contributed by atoms with Crippen molar-refractivity contribution in [3.8, 4) is 11.1 Å². The van der Waals surface area contributed by atoms with Crippen LogP contribution in [0.25, 0.3) is 64.0 Å². The van der Waals surface area contributed by atoms with Crippen LogP contribution in [0.2, 0.25) is 0 Å². The molecule has 48 heavy (non-hydrogen) atoms. The highest BCUT2D eigenvalue weighted by Gasteiger charge is 2.26. The minimum absolute atomic E-state index is 0.319. The molecule has 1 atom stereocenters. The van der Waals surface area contributed by atoms with E-state index in [-0.39, 0.29) is 6.17 Å². The van der Waals surface area contributed by atoms with Crippen molar-refractivity contribution >= 4 is 75.9 Å². The number of nitrogens with zero attached hydrogens (tertiary/aromatic N) is 2. The Hall–Kier alpha value is -6.04. The summed E-state index contributed by atoms with van der Waals surface area (Å²) in [5, 5.41) is 10.8. The van der Waals surface area contributed by atoms with Crippen molar-refractivity contribution in [3.05, 3.63) is 168 Å².